The Labute approximate surface area is 139 Å². The number of carbonyl (C=O) groups is 2. The molecule has 2 amide bonds. The molecule has 9 nitrogen and oxygen atoms in total. The van der Waals surface area contributed by atoms with Crippen LogP contribution in [-0.4, -0.2) is 35.5 Å². The molecular weight excluding hydrogens is 314 g/mol. The summed E-state index contributed by atoms with van der Waals surface area (Å²) in [5.41, 5.74) is 8.50. The van der Waals surface area contributed by atoms with E-state index in [-0.39, 0.29) is 18.6 Å². The normalized spacial score (nSPS) is 13.0. The van der Waals surface area contributed by atoms with Crippen molar-refractivity contribution in [2.24, 2.45) is 16.8 Å². The van der Waals surface area contributed by atoms with Crippen LogP contribution in [0.15, 0.2) is 29.4 Å². The van der Waals surface area contributed by atoms with E-state index in [0.29, 0.717) is 19.4 Å². The largest absolute Gasteiger partial charge is 0.508 e. The number of primary amides is 1. The Balaban J connectivity index is 2.57. The molecule has 0 spiro atoms. The van der Waals surface area contributed by atoms with E-state index >= 15 is 0 Å². The summed E-state index contributed by atoms with van der Waals surface area (Å²) in [4.78, 5) is 34.3. The molecule has 7 N–H and O–H groups in total. The zero-order valence-corrected chi connectivity index (χ0v) is 13.3. The van der Waals surface area contributed by atoms with Gasteiger partial charge in [-0.25, -0.2) is 0 Å². The molecule has 0 saturated carbocycles. The molecule has 1 aromatic rings. The molecule has 0 aliphatic heterocycles. The summed E-state index contributed by atoms with van der Waals surface area (Å²) in [7, 11) is 0. The van der Waals surface area contributed by atoms with E-state index in [1.54, 1.807) is 12.1 Å². The van der Waals surface area contributed by atoms with Gasteiger partial charge in [0.1, 0.15) is 17.8 Å². The first-order chi connectivity index (χ1) is 11.5. The second-order valence-corrected chi connectivity index (χ2v) is 5.45. The maximum atomic E-state index is 12.0. The number of nitroso groups, excluding NO2 is 1. The van der Waals surface area contributed by atoms with Crippen molar-refractivity contribution >= 4 is 11.8 Å². The first kappa shape index (κ1) is 19.5. The number of rotatable bonds is 11. The van der Waals surface area contributed by atoms with Crippen LogP contribution in [0.5, 0.6) is 5.75 Å². The fourth-order valence-electron chi connectivity index (χ4n) is 2.19. The molecule has 1 rings (SSSR count). The number of nitrogens with zero attached hydrogens (tertiary/aromatic N) is 1. The monoisotopic (exact) mass is 337 g/mol. The molecule has 0 fully saturated rings. The van der Waals surface area contributed by atoms with E-state index in [2.05, 4.69) is 15.9 Å². The number of phenolic OH excluding ortho intramolecular Hbond substituents is 1. The molecule has 132 valence electrons. The van der Waals surface area contributed by atoms with E-state index in [1.165, 1.54) is 12.1 Å². The van der Waals surface area contributed by atoms with Crippen molar-refractivity contribution in [2.75, 3.05) is 6.54 Å². The molecule has 0 aliphatic carbocycles. The molecule has 0 aliphatic rings. The van der Waals surface area contributed by atoms with Gasteiger partial charge in [0.15, 0.2) is 0 Å². The van der Waals surface area contributed by atoms with Crippen LogP contribution >= 0.6 is 0 Å². The van der Waals surface area contributed by atoms with Gasteiger partial charge < -0.3 is 16.2 Å². The molecule has 0 saturated heterocycles. The lowest BCUT2D eigenvalue weighted by Crippen LogP contribution is -2.46. The summed E-state index contributed by atoms with van der Waals surface area (Å²) < 4.78 is 0. The summed E-state index contributed by atoms with van der Waals surface area (Å²) in [6.07, 6.45) is 1.10. The van der Waals surface area contributed by atoms with Gasteiger partial charge in [-0.1, -0.05) is 17.3 Å². The Morgan fingerprint density at radius 3 is 2.46 bits per heavy atom. The van der Waals surface area contributed by atoms with E-state index in [4.69, 9.17) is 11.6 Å². The summed E-state index contributed by atoms with van der Waals surface area (Å²) in [5.74, 6) is 4.09. The van der Waals surface area contributed by atoms with Crippen molar-refractivity contribution in [1.29, 1.82) is 0 Å². The standard InChI is InChI=1S/C15H23N5O4/c16-15(23)13(8-10-3-5-12(21)6-4-10)19-14(22)9-11(20-24)2-1-7-18-17/h3-6,11,13,18,21H,1-2,7-9,17H2,(H2,16,23)(H,19,22)/t11-,13-/m0/s1. The summed E-state index contributed by atoms with van der Waals surface area (Å²) in [6.45, 7) is 0.512. The molecule has 0 radical (unpaired) electrons. The number of hydrogen-bond donors (Lipinski definition) is 5. The second-order valence-electron chi connectivity index (χ2n) is 5.45. The smallest absolute Gasteiger partial charge is 0.240 e. The highest BCUT2D eigenvalue weighted by Crippen LogP contribution is 2.12. The predicted octanol–water partition coefficient (Wildman–Crippen LogP) is -0.327. The lowest BCUT2D eigenvalue weighted by atomic mass is 10.0. The molecule has 9 heteroatoms. The summed E-state index contributed by atoms with van der Waals surface area (Å²) in [5, 5.41) is 14.7. The van der Waals surface area contributed by atoms with E-state index < -0.39 is 23.9 Å². The van der Waals surface area contributed by atoms with Crippen molar-refractivity contribution in [1.82, 2.24) is 10.7 Å². The van der Waals surface area contributed by atoms with Crippen LogP contribution < -0.4 is 22.3 Å². The van der Waals surface area contributed by atoms with Crippen LogP contribution in [-0.2, 0) is 16.0 Å². The van der Waals surface area contributed by atoms with Gasteiger partial charge in [0.05, 0.1) is 6.42 Å². The van der Waals surface area contributed by atoms with E-state index in [1.807, 2.05) is 0 Å². The van der Waals surface area contributed by atoms with Gasteiger partial charge in [-0.15, -0.1) is 0 Å². The lowest BCUT2D eigenvalue weighted by Gasteiger charge is -2.17. The average Bonchev–Trinajstić information content (AvgIpc) is 2.55. The van der Waals surface area contributed by atoms with Gasteiger partial charge in [0.25, 0.3) is 0 Å². The number of hydrogen-bond acceptors (Lipinski definition) is 7. The van der Waals surface area contributed by atoms with Crippen molar-refractivity contribution in [3.8, 4) is 5.75 Å². The van der Waals surface area contributed by atoms with Crippen molar-refractivity contribution < 1.29 is 14.7 Å². The highest BCUT2D eigenvalue weighted by molar-refractivity contribution is 5.87. The Kier molecular flexibility index (Phi) is 8.37. The molecule has 1 aromatic carbocycles. The maximum absolute atomic E-state index is 12.0. The van der Waals surface area contributed by atoms with Crippen molar-refractivity contribution in [2.45, 2.75) is 37.8 Å². The SMILES string of the molecule is NNCCC[C@@H](CC(=O)N[C@@H](Cc1ccc(O)cc1)C(N)=O)N=O. The molecule has 0 unspecified atom stereocenters. The average molecular weight is 337 g/mol. The second kappa shape index (κ2) is 10.3. The van der Waals surface area contributed by atoms with Crippen molar-refractivity contribution in [3.63, 3.8) is 0 Å². The highest BCUT2D eigenvalue weighted by atomic mass is 16.3. The fourth-order valence-corrected chi connectivity index (χ4v) is 2.19. The number of benzene rings is 1. The predicted molar refractivity (Wildman–Crippen MR) is 88.6 cm³/mol. The topological polar surface area (TPSA) is 160 Å². The maximum Gasteiger partial charge on any atom is 0.240 e. The molecule has 24 heavy (non-hydrogen) atoms. The Morgan fingerprint density at radius 1 is 1.25 bits per heavy atom. The van der Waals surface area contributed by atoms with Gasteiger partial charge in [-0.05, 0) is 30.5 Å². The van der Waals surface area contributed by atoms with E-state index in [9.17, 15) is 19.6 Å². The minimum absolute atomic E-state index is 0.102. The Bertz CT molecular complexity index is 549. The third-order valence-corrected chi connectivity index (χ3v) is 3.48. The lowest BCUT2D eigenvalue weighted by molar-refractivity contribution is -0.127. The number of phenols is 1. The molecule has 0 heterocycles. The number of hydrazine groups is 1. The Hall–Kier alpha value is -2.52. The minimum atomic E-state index is -0.903. The number of nitrogens with two attached hydrogens (primary N) is 2. The van der Waals surface area contributed by atoms with Crippen LogP contribution in [0.25, 0.3) is 0 Å². The van der Waals surface area contributed by atoms with E-state index in [0.717, 1.165) is 5.56 Å². The van der Waals surface area contributed by atoms with Crippen LogP contribution in [0, 0.1) is 4.91 Å². The van der Waals surface area contributed by atoms with Gasteiger partial charge in [-0.2, -0.15) is 4.91 Å². The first-order valence-corrected chi connectivity index (χ1v) is 7.58. The van der Waals surface area contributed by atoms with Crippen LogP contribution in [0.2, 0.25) is 0 Å². The quantitative estimate of drug-likeness (QED) is 0.161. The van der Waals surface area contributed by atoms with Gasteiger partial charge in [0.2, 0.25) is 11.8 Å². The third kappa shape index (κ3) is 7.16. The summed E-state index contributed by atoms with van der Waals surface area (Å²) >= 11 is 0. The fraction of sp³-hybridized carbons (Fsp3) is 0.467. The third-order valence-electron chi connectivity index (χ3n) is 3.48. The minimum Gasteiger partial charge on any atom is -0.508 e. The number of nitrogens with one attached hydrogen (secondary N) is 2. The van der Waals surface area contributed by atoms with Crippen LogP contribution in [0.1, 0.15) is 24.8 Å². The highest BCUT2D eigenvalue weighted by Gasteiger charge is 2.21. The van der Waals surface area contributed by atoms with Crippen LogP contribution in [0.3, 0.4) is 0 Å². The van der Waals surface area contributed by atoms with Crippen molar-refractivity contribution in [3.05, 3.63) is 34.7 Å². The molecule has 0 bridgehead atoms. The van der Waals surface area contributed by atoms with Gasteiger partial charge >= 0.3 is 0 Å². The van der Waals surface area contributed by atoms with Gasteiger partial charge in [-0.3, -0.25) is 20.9 Å². The Morgan fingerprint density at radius 2 is 1.92 bits per heavy atom. The van der Waals surface area contributed by atoms with Crippen LogP contribution in [0.4, 0.5) is 0 Å². The summed E-state index contributed by atoms with van der Waals surface area (Å²) in [6, 6.07) is 4.64. The number of aromatic hydroxyl groups is 1. The molecule has 0 aromatic heterocycles. The molecular formula is C15H23N5O4. The zero-order valence-electron chi connectivity index (χ0n) is 13.3. The van der Waals surface area contributed by atoms with Gasteiger partial charge in [0, 0.05) is 13.0 Å². The number of amides is 2. The zero-order chi connectivity index (χ0) is 17.9. The first-order valence-electron chi connectivity index (χ1n) is 7.58. The molecule has 2 atom stereocenters. The number of carbonyl (C=O) groups excluding carboxylic acids is 2.